The fraction of sp³-hybridized carbons (Fsp3) is 0.526. The van der Waals surface area contributed by atoms with Crippen molar-refractivity contribution in [2.75, 3.05) is 13.1 Å². The minimum absolute atomic E-state index is 0.188. The molecule has 0 radical (unpaired) electrons. The van der Waals surface area contributed by atoms with Crippen LogP contribution in [-0.4, -0.2) is 46.9 Å². The highest BCUT2D eigenvalue weighted by molar-refractivity contribution is 5.91. The topological polar surface area (TPSA) is 86.7 Å². The van der Waals surface area contributed by atoms with Crippen LogP contribution in [0.1, 0.15) is 38.7 Å². The van der Waals surface area contributed by atoms with Crippen LogP contribution in [0.25, 0.3) is 0 Å². The molecular formula is C19H26N2O4. The van der Waals surface area contributed by atoms with Crippen LogP contribution in [0.4, 0.5) is 0 Å². The van der Waals surface area contributed by atoms with E-state index in [0.29, 0.717) is 19.4 Å². The molecule has 2 N–H and O–H groups in total. The second-order valence-corrected chi connectivity index (χ2v) is 7.22. The molecule has 1 saturated heterocycles. The predicted octanol–water partition coefficient (Wildman–Crippen LogP) is 1.84. The Morgan fingerprint density at radius 2 is 1.92 bits per heavy atom. The number of nitrogens with one attached hydrogen (secondary N) is 1. The van der Waals surface area contributed by atoms with Crippen LogP contribution in [0.15, 0.2) is 30.3 Å². The van der Waals surface area contributed by atoms with E-state index in [9.17, 15) is 14.4 Å². The largest absolute Gasteiger partial charge is 0.480 e. The monoisotopic (exact) mass is 346 g/mol. The van der Waals surface area contributed by atoms with Gasteiger partial charge in [0.1, 0.15) is 12.6 Å². The number of hydrogen-bond acceptors (Lipinski definition) is 3. The number of carboxylic acid groups (broad SMARTS) is 1. The number of benzene rings is 1. The Hall–Kier alpha value is -2.37. The maximum Gasteiger partial charge on any atom is 0.323 e. The van der Waals surface area contributed by atoms with E-state index in [1.54, 1.807) is 0 Å². The fourth-order valence-corrected chi connectivity index (χ4v) is 3.10. The Kier molecular flexibility index (Phi) is 6.17. The molecule has 1 heterocycles. The molecule has 136 valence electrons. The smallest absolute Gasteiger partial charge is 0.323 e. The van der Waals surface area contributed by atoms with Gasteiger partial charge in [-0.1, -0.05) is 44.2 Å². The third-order valence-corrected chi connectivity index (χ3v) is 4.52. The quantitative estimate of drug-likeness (QED) is 0.823. The normalized spacial score (nSPS) is 18.6. The van der Waals surface area contributed by atoms with E-state index in [1.807, 2.05) is 44.2 Å². The van der Waals surface area contributed by atoms with Gasteiger partial charge in [0.05, 0.1) is 0 Å². The molecule has 25 heavy (non-hydrogen) atoms. The summed E-state index contributed by atoms with van der Waals surface area (Å²) >= 11 is 0. The zero-order valence-corrected chi connectivity index (χ0v) is 14.8. The van der Waals surface area contributed by atoms with Crippen LogP contribution < -0.4 is 5.32 Å². The molecule has 1 aliphatic rings. The van der Waals surface area contributed by atoms with Crippen LogP contribution >= 0.6 is 0 Å². The predicted molar refractivity (Wildman–Crippen MR) is 93.9 cm³/mol. The lowest BCUT2D eigenvalue weighted by atomic mass is 9.84. The summed E-state index contributed by atoms with van der Waals surface area (Å²) in [4.78, 5) is 37.5. The van der Waals surface area contributed by atoms with E-state index in [4.69, 9.17) is 5.11 Å². The van der Waals surface area contributed by atoms with Crippen molar-refractivity contribution in [3.63, 3.8) is 0 Å². The molecule has 1 aromatic carbocycles. The molecule has 2 amide bonds. The number of aliphatic carboxylic acids is 1. The van der Waals surface area contributed by atoms with Gasteiger partial charge in [-0.15, -0.1) is 0 Å². The summed E-state index contributed by atoms with van der Waals surface area (Å²) in [5.74, 6) is -1.53. The molecule has 6 heteroatoms. The first kappa shape index (κ1) is 19.0. The molecule has 0 aromatic heterocycles. The summed E-state index contributed by atoms with van der Waals surface area (Å²) < 4.78 is 0. The molecule has 6 nitrogen and oxygen atoms in total. The molecule has 1 atom stereocenters. The molecule has 2 rings (SSSR count). The molecule has 0 bridgehead atoms. The van der Waals surface area contributed by atoms with Crippen molar-refractivity contribution in [1.29, 1.82) is 0 Å². The van der Waals surface area contributed by atoms with Gasteiger partial charge in [0.2, 0.25) is 11.8 Å². The highest BCUT2D eigenvalue weighted by Gasteiger charge is 2.34. The van der Waals surface area contributed by atoms with Crippen molar-refractivity contribution in [2.24, 2.45) is 5.41 Å². The van der Waals surface area contributed by atoms with Crippen LogP contribution in [-0.2, 0) is 20.8 Å². The highest BCUT2D eigenvalue weighted by Crippen LogP contribution is 2.23. The van der Waals surface area contributed by atoms with Gasteiger partial charge in [-0.3, -0.25) is 14.4 Å². The first-order valence-corrected chi connectivity index (χ1v) is 8.65. The van der Waals surface area contributed by atoms with E-state index < -0.39 is 17.4 Å². The maximum atomic E-state index is 12.7. The Morgan fingerprint density at radius 1 is 1.24 bits per heavy atom. The van der Waals surface area contributed by atoms with E-state index in [0.717, 1.165) is 18.4 Å². The van der Waals surface area contributed by atoms with Gasteiger partial charge in [-0.05, 0) is 31.2 Å². The summed E-state index contributed by atoms with van der Waals surface area (Å²) in [5.41, 5.74) is 0.397. The lowest BCUT2D eigenvalue weighted by Crippen LogP contribution is -2.51. The van der Waals surface area contributed by atoms with Gasteiger partial charge >= 0.3 is 5.97 Å². The summed E-state index contributed by atoms with van der Waals surface area (Å²) in [6.45, 7) is 3.81. The fourth-order valence-electron chi connectivity index (χ4n) is 3.10. The number of carboxylic acids is 1. The molecule has 1 fully saturated rings. The Balaban J connectivity index is 2.04. The average Bonchev–Trinajstić information content (AvgIpc) is 2.71. The van der Waals surface area contributed by atoms with Crippen molar-refractivity contribution < 1.29 is 19.5 Å². The number of carbonyl (C=O) groups excluding carboxylic acids is 2. The minimum Gasteiger partial charge on any atom is -0.480 e. The van der Waals surface area contributed by atoms with Gasteiger partial charge in [0, 0.05) is 12.0 Å². The summed E-state index contributed by atoms with van der Waals surface area (Å²) in [6, 6.07) is 9.09. The molecular weight excluding hydrogens is 320 g/mol. The molecule has 0 spiro atoms. The van der Waals surface area contributed by atoms with Crippen LogP contribution in [0, 0.1) is 5.41 Å². The van der Waals surface area contributed by atoms with Crippen molar-refractivity contribution in [2.45, 2.75) is 45.6 Å². The average molecular weight is 346 g/mol. The van der Waals surface area contributed by atoms with Crippen molar-refractivity contribution in [3.8, 4) is 0 Å². The zero-order chi connectivity index (χ0) is 18.4. The standard InChI is InChI=1S/C19H26N2O4/c1-19(2,12-14-8-4-3-5-9-14)18(25)20-15-10-6-7-11-21(17(15)24)13-16(22)23/h3-5,8-9,15H,6-7,10-13H2,1-2H3,(H,20,25)(H,22,23). The molecule has 1 aromatic rings. The summed E-state index contributed by atoms with van der Waals surface area (Å²) in [7, 11) is 0. The molecule has 1 unspecified atom stereocenters. The third-order valence-electron chi connectivity index (χ3n) is 4.52. The van der Waals surface area contributed by atoms with E-state index >= 15 is 0 Å². The number of nitrogens with zero attached hydrogens (tertiary/aromatic N) is 1. The van der Waals surface area contributed by atoms with Gasteiger partial charge in [0.25, 0.3) is 0 Å². The van der Waals surface area contributed by atoms with E-state index in [-0.39, 0.29) is 18.4 Å². The zero-order valence-electron chi connectivity index (χ0n) is 14.8. The first-order chi connectivity index (χ1) is 11.8. The lowest BCUT2D eigenvalue weighted by Gasteiger charge is -2.28. The van der Waals surface area contributed by atoms with Crippen molar-refractivity contribution in [1.82, 2.24) is 10.2 Å². The van der Waals surface area contributed by atoms with Crippen molar-refractivity contribution >= 4 is 17.8 Å². The number of amides is 2. The first-order valence-electron chi connectivity index (χ1n) is 8.65. The minimum atomic E-state index is -1.04. The highest BCUT2D eigenvalue weighted by atomic mass is 16.4. The van der Waals surface area contributed by atoms with Gasteiger partial charge in [0.15, 0.2) is 0 Å². The van der Waals surface area contributed by atoms with Gasteiger partial charge < -0.3 is 15.3 Å². The second-order valence-electron chi connectivity index (χ2n) is 7.22. The number of hydrogen-bond donors (Lipinski definition) is 2. The molecule has 0 saturated carbocycles. The maximum absolute atomic E-state index is 12.7. The lowest BCUT2D eigenvalue weighted by molar-refractivity contribution is -0.145. The third kappa shape index (κ3) is 5.31. The SMILES string of the molecule is CC(C)(Cc1ccccc1)C(=O)NC1CCCCN(CC(=O)O)C1=O. The molecule has 0 aliphatic carbocycles. The van der Waals surface area contributed by atoms with Crippen LogP contribution in [0.2, 0.25) is 0 Å². The number of rotatable bonds is 6. The van der Waals surface area contributed by atoms with Crippen LogP contribution in [0.5, 0.6) is 0 Å². The van der Waals surface area contributed by atoms with Crippen molar-refractivity contribution in [3.05, 3.63) is 35.9 Å². The number of carbonyl (C=O) groups is 3. The van der Waals surface area contributed by atoms with E-state index in [1.165, 1.54) is 4.90 Å². The van der Waals surface area contributed by atoms with Crippen LogP contribution in [0.3, 0.4) is 0 Å². The summed E-state index contributed by atoms with van der Waals surface area (Å²) in [6.07, 6.45) is 2.65. The number of likely N-dealkylation sites (tertiary alicyclic amines) is 1. The Morgan fingerprint density at radius 3 is 2.56 bits per heavy atom. The Labute approximate surface area is 148 Å². The second kappa shape index (κ2) is 8.14. The van der Waals surface area contributed by atoms with Gasteiger partial charge in [-0.2, -0.15) is 0 Å². The Bertz CT molecular complexity index is 628. The summed E-state index contributed by atoms with van der Waals surface area (Å²) in [5, 5.41) is 11.8. The van der Waals surface area contributed by atoms with E-state index in [2.05, 4.69) is 5.32 Å². The van der Waals surface area contributed by atoms with Gasteiger partial charge in [-0.25, -0.2) is 0 Å². The molecule has 1 aliphatic heterocycles.